The highest BCUT2D eigenvalue weighted by Crippen LogP contribution is 2.30. The van der Waals surface area contributed by atoms with Gasteiger partial charge in [0.1, 0.15) is 17.8 Å². The van der Waals surface area contributed by atoms with E-state index in [1.54, 1.807) is 43.5 Å². The highest BCUT2D eigenvalue weighted by molar-refractivity contribution is 7.13. The van der Waals surface area contributed by atoms with Crippen molar-refractivity contribution in [3.05, 3.63) is 40.9 Å². The van der Waals surface area contributed by atoms with Crippen LogP contribution in [0, 0.1) is 0 Å². The van der Waals surface area contributed by atoms with Crippen LogP contribution in [-0.4, -0.2) is 54.0 Å². The second kappa shape index (κ2) is 9.13. The summed E-state index contributed by atoms with van der Waals surface area (Å²) in [6.45, 7) is 3.09. The molecule has 1 fully saturated rings. The molecule has 0 aliphatic carbocycles. The fraction of sp³-hybridized carbons (Fsp3) is 0.350. The summed E-state index contributed by atoms with van der Waals surface area (Å²) in [5.41, 5.74) is -0.267. The number of rotatable bonds is 8. The van der Waals surface area contributed by atoms with Crippen LogP contribution in [-0.2, 0) is 31.1 Å². The van der Waals surface area contributed by atoms with Gasteiger partial charge in [-0.05, 0) is 31.5 Å². The number of aromatic nitrogens is 1. The number of amides is 4. The van der Waals surface area contributed by atoms with E-state index in [4.69, 9.17) is 9.47 Å². The Balaban J connectivity index is 1.63. The fourth-order valence-corrected chi connectivity index (χ4v) is 3.79. The molecule has 1 aromatic heterocycles. The second-order valence-electron chi connectivity index (χ2n) is 6.85. The first-order chi connectivity index (χ1) is 14.8. The third kappa shape index (κ3) is 4.82. The van der Waals surface area contributed by atoms with E-state index < -0.39 is 35.9 Å². The lowest BCUT2D eigenvalue weighted by atomic mass is 9.92. The molecule has 4 amide bonds. The van der Waals surface area contributed by atoms with Gasteiger partial charge in [0.2, 0.25) is 5.91 Å². The van der Waals surface area contributed by atoms with Gasteiger partial charge in [-0.2, -0.15) is 0 Å². The SMILES string of the molecule is CCOC(=O)Cc1csc(NC(=O)CN2C(=O)NC(C)(c3ccc(OC)cc3)C2=O)n1. The van der Waals surface area contributed by atoms with E-state index in [0.717, 1.165) is 16.2 Å². The average molecular weight is 446 g/mol. The van der Waals surface area contributed by atoms with E-state index in [1.165, 1.54) is 7.11 Å². The molecule has 0 saturated carbocycles. The Labute approximate surface area is 182 Å². The molecule has 2 heterocycles. The number of thiazole rings is 1. The number of hydrogen-bond donors (Lipinski definition) is 2. The van der Waals surface area contributed by atoms with Gasteiger partial charge in [-0.25, -0.2) is 9.78 Å². The van der Waals surface area contributed by atoms with E-state index in [9.17, 15) is 19.2 Å². The molecule has 2 N–H and O–H groups in total. The van der Waals surface area contributed by atoms with Gasteiger partial charge in [-0.1, -0.05) is 12.1 Å². The Morgan fingerprint density at radius 2 is 1.97 bits per heavy atom. The number of esters is 1. The number of ether oxygens (including phenoxy) is 2. The Morgan fingerprint density at radius 3 is 2.61 bits per heavy atom. The molecule has 1 aliphatic rings. The van der Waals surface area contributed by atoms with Crippen molar-refractivity contribution >= 4 is 40.3 Å². The van der Waals surface area contributed by atoms with Crippen molar-refractivity contribution in [2.45, 2.75) is 25.8 Å². The van der Waals surface area contributed by atoms with Crippen LogP contribution < -0.4 is 15.4 Å². The molecule has 1 atom stereocenters. The molecule has 0 bridgehead atoms. The Bertz CT molecular complexity index is 1010. The largest absolute Gasteiger partial charge is 0.497 e. The maximum atomic E-state index is 12.9. The number of nitrogens with one attached hydrogen (secondary N) is 2. The van der Waals surface area contributed by atoms with Crippen LogP contribution in [0.1, 0.15) is 25.1 Å². The summed E-state index contributed by atoms with van der Waals surface area (Å²) in [6, 6.07) is 6.07. The molecular weight excluding hydrogens is 424 g/mol. The highest BCUT2D eigenvalue weighted by atomic mass is 32.1. The van der Waals surface area contributed by atoms with Crippen LogP contribution in [0.5, 0.6) is 5.75 Å². The summed E-state index contributed by atoms with van der Waals surface area (Å²) in [5.74, 6) is -0.923. The Kier molecular flexibility index (Phi) is 6.54. The molecular formula is C20H22N4O6S. The number of carbonyl (C=O) groups excluding carboxylic acids is 4. The lowest BCUT2D eigenvalue weighted by Gasteiger charge is -2.22. The maximum absolute atomic E-state index is 12.9. The molecule has 3 rings (SSSR count). The molecule has 1 aromatic carbocycles. The van der Waals surface area contributed by atoms with E-state index in [2.05, 4.69) is 15.6 Å². The minimum atomic E-state index is -1.29. The quantitative estimate of drug-likeness (QED) is 0.466. The number of anilines is 1. The first kappa shape index (κ1) is 22.2. The molecule has 1 saturated heterocycles. The summed E-state index contributed by atoms with van der Waals surface area (Å²) < 4.78 is 9.97. The summed E-state index contributed by atoms with van der Waals surface area (Å²) >= 11 is 1.13. The van der Waals surface area contributed by atoms with E-state index >= 15 is 0 Å². The summed E-state index contributed by atoms with van der Waals surface area (Å²) in [5, 5.41) is 7.07. The lowest BCUT2D eigenvalue weighted by Crippen LogP contribution is -2.42. The van der Waals surface area contributed by atoms with Crippen LogP contribution in [0.25, 0.3) is 0 Å². The van der Waals surface area contributed by atoms with Gasteiger partial charge < -0.3 is 20.1 Å². The predicted molar refractivity (Wildman–Crippen MR) is 112 cm³/mol. The minimum absolute atomic E-state index is 0.00650. The Hall–Kier alpha value is -3.47. The van der Waals surface area contributed by atoms with E-state index in [0.29, 0.717) is 17.0 Å². The molecule has 0 radical (unpaired) electrons. The van der Waals surface area contributed by atoms with Gasteiger partial charge in [0.15, 0.2) is 5.13 Å². The molecule has 1 aliphatic heterocycles. The molecule has 2 aromatic rings. The van der Waals surface area contributed by atoms with Gasteiger partial charge in [0, 0.05) is 5.38 Å². The number of methoxy groups -OCH3 is 1. The van der Waals surface area contributed by atoms with Gasteiger partial charge in [0.25, 0.3) is 5.91 Å². The number of hydrogen-bond acceptors (Lipinski definition) is 8. The molecule has 10 nitrogen and oxygen atoms in total. The van der Waals surface area contributed by atoms with Crippen LogP contribution in [0.2, 0.25) is 0 Å². The first-order valence-corrected chi connectivity index (χ1v) is 10.3. The van der Waals surface area contributed by atoms with Crippen LogP contribution in [0.15, 0.2) is 29.6 Å². The van der Waals surface area contributed by atoms with Crippen molar-refractivity contribution in [2.75, 3.05) is 25.6 Å². The summed E-state index contributed by atoms with van der Waals surface area (Å²) in [4.78, 5) is 54.2. The zero-order chi connectivity index (χ0) is 22.6. The van der Waals surface area contributed by atoms with Crippen molar-refractivity contribution < 1.29 is 28.7 Å². The normalized spacial score (nSPS) is 18.0. The van der Waals surface area contributed by atoms with Crippen LogP contribution in [0.4, 0.5) is 9.93 Å². The van der Waals surface area contributed by atoms with Crippen molar-refractivity contribution in [1.82, 2.24) is 15.2 Å². The van der Waals surface area contributed by atoms with Crippen molar-refractivity contribution in [3.8, 4) is 5.75 Å². The smallest absolute Gasteiger partial charge is 0.325 e. The van der Waals surface area contributed by atoms with Crippen molar-refractivity contribution in [2.24, 2.45) is 0 Å². The van der Waals surface area contributed by atoms with Crippen LogP contribution in [0.3, 0.4) is 0 Å². The van der Waals surface area contributed by atoms with Gasteiger partial charge in [-0.15, -0.1) is 11.3 Å². The molecule has 11 heteroatoms. The summed E-state index contributed by atoms with van der Waals surface area (Å²) in [7, 11) is 1.53. The van der Waals surface area contributed by atoms with Gasteiger partial charge in [0.05, 0.1) is 25.8 Å². The fourth-order valence-electron chi connectivity index (χ4n) is 3.07. The first-order valence-electron chi connectivity index (χ1n) is 9.45. The minimum Gasteiger partial charge on any atom is -0.497 e. The Morgan fingerprint density at radius 1 is 1.26 bits per heavy atom. The predicted octanol–water partition coefficient (Wildman–Crippen LogP) is 1.66. The second-order valence-corrected chi connectivity index (χ2v) is 7.71. The molecule has 1 unspecified atom stereocenters. The third-order valence-corrected chi connectivity index (χ3v) is 5.48. The lowest BCUT2D eigenvalue weighted by molar-refractivity contribution is -0.142. The van der Waals surface area contributed by atoms with Crippen molar-refractivity contribution in [1.29, 1.82) is 0 Å². The van der Waals surface area contributed by atoms with Gasteiger partial charge in [-0.3, -0.25) is 19.3 Å². The highest BCUT2D eigenvalue weighted by Gasteiger charge is 2.49. The zero-order valence-corrected chi connectivity index (χ0v) is 18.1. The van der Waals surface area contributed by atoms with Crippen molar-refractivity contribution in [3.63, 3.8) is 0 Å². The van der Waals surface area contributed by atoms with E-state index in [-0.39, 0.29) is 18.2 Å². The molecule has 31 heavy (non-hydrogen) atoms. The zero-order valence-electron chi connectivity index (χ0n) is 17.3. The number of carbonyl (C=O) groups is 4. The third-order valence-electron chi connectivity index (χ3n) is 4.67. The molecule has 0 spiro atoms. The topological polar surface area (TPSA) is 127 Å². The summed E-state index contributed by atoms with van der Waals surface area (Å²) in [6.07, 6.45) is -0.00650. The average Bonchev–Trinajstić information content (AvgIpc) is 3.25. The monoisotopic (exact) mass is 446 g/mol. The number of urea groups is 1. The molecule has 164 valence electrons. The van der Waals surface area contributed by atoms with Gasteiger partial charge >= 0.3 is 12.0 Å². The number of benzene rings is 1. The number of nitrogens with zero attached hydrogens (tertiary/aromatic N) is 2. The number of imide groups is 1. The maximum Gasteiger partial charge on any atom is 0.325 e. The van der Waals surface area contributed by atoms with Crippen LogP contribution >= 0.6 is 11.3 Å². The van der Waals surface area contributed by atoms with E-state index in [1.807, 2.05) is 0 Å². The standard InChI is InChI=1S/C20H22N4O6S/c1-4-30-16(26)9-13-11-31-18(21-13)22-15(25)10-24-17(27)20(2,23-19(24)28)12-5-7-14(29-3)8-6-12/h5-8,11H,4,9-10H2,1-3H3,(H,23,28)(H,21,22,25).